The number of halogens is 6. The lowest BCUT2D eigenvalue weighted by Crippen LogP contribution is -2.60. The van der Waals surface area contributed by atoms with Gasteiger partial charge in [-0.15, -0.1) is 0 Å². The molecule has 0 spiro atoms. The lowest BCUT2D eigenvalue weighted by Gasteiger charge is -2.51. The molecule has 0 N–H and O–H groups in total. The fraction of sp³-hybridized carbons (Fsp3) is 0.882. The lowest BCUT2D eigenvalue weighted by atomic mass is 9.57. The van der Waals surface area contributed by atoms with Crippen LogP contribution in [0.15, 0.2) is 4.99 Å². The summed E-state index contributed by atoms with van der Waals surface area (Å²) in [5, 5.41) is 8.51. The van der Waals surface area contributed by atoms with Gasteiger partial charge in [-0.05, 0) is 63.2 Å². The van der Waals surface area contributed by atoms with E-state index in [1.54, 1.807) is 0 Å². The first-order valence-electron chi connectivity index (χ1n) is 8.83. The second-order valence-corrected chi connectivity index (χ2v) is 7.27. The summed E-state index contributed by atoms with van der Waals surface area (Å²) in [6.07, 6.45) is -10.0. The molecule has 4 nitrogen and oxygen atoms in total. The van der Waals surface area contributed by atoms with Gasteiger partial charge in [0.1, 0.15) is 6.10 Å². The summed E-state index contributed by atoms with van der Waals surface area (Å²) < 4.78 is 88.9. The molecular formula is C17H20F6N2O2. The quantitative estimate of drug-likeness (QED) is 0.288. The third-order valence-electron chi connectivity index (χ3n) is 6.05. The molecule has 0 aromatic heterocycles. The van der Waals surface area contributed by atoms with Crippen LogP contribution in [0.3, 0.4) is 0 Å². The van der Waals surface area contributed by atoms with Crippen molar-refractivity contribution in [1.82, 2.24) is 0 Å². The van der Waals surface area contributed by atoms with E-state index in [-0.39, 0.29) is 51.4 Å². The van der Waals surface area contributed by atoms with E-state index >= 15 is 0 Å². The number of ether oxygens (including phenoxy) is 1. The van der Waals surface area contributed by atoms with Crippen molar-refractivity contribution in [3.05, 3.63) is 0 Å². The maximum absolute atomic E-state index is 14.0. The Morgan fingerprint density at radius 3 is 1.63 bits per heavy atom. The van der Waals surface area contributed by atoms with Crippen LogP contribution >= 0.6 is 0 Å². The number of hydrogen-bond donors (Lipinski definition) is 0. The van der Waals surface area contributed by atoms with Crippen LogP contribution in [0.1, 0.15) is 51.4 Å². The lowest BCUT2D eigenvalue weighted by molar-refractivity contribution is -0.382. The van der Waals surface area contributed by atoms with Crippen molar-refractivity contribution in [2.24, 2.45) is 22.2 Å². The van der Waals surface area contributed by atoms with Crippen molar-refractivity contribution >= 4 is 6.08 Å². The van der Waals surface area contributed by atoms with Gasteiger partial charge in [-0.3, -0.25) is 0 Å². The summed E-state index contributed by atoms with van der Waals surface area (Å²) in [5.41, 5.74) is -3.80. The van der Waals surface area contributed by atoms with Crippen molar-refractivity contribution in [2.45, 2.75) is 75.9 Å². The summed E-state index contributed by atoms with van der Waals surface area (Å²) in [4.78, 5) is 13.8. The molecule has 0 heterocycles. The van der Waals surface area contributed by atoms with Crippen LogP contribution in [0, 0.1) is 28.8 Å². The Morgan fingerprint density at radius 2 is 1.26 bits per heavy atom. The van der Waals surface area contributed by atoms with E-state index in [0.29, 0.717) is 0 Å². The van der Waals surface area contributed by atoms with E-state index in [9.17, 15) is 31.1 Å². The Hall–Kier alpha value is -1.75. The van der Waals surface area contributed by atoms with Crippen LogP contribution in [-0.2, 0) is 9.53 Å². The normalized spacial score (nSPS) is 30.1. The first-order chi connectivity index (χ1) is 12.6. The van der Waals surface area contributed by atoms with E-state index < -0.39 is 41.7 Å². The topological polar surface area (TPSA) is 62.4 Å². The van der Waals surface area contributed by atoms with Crippen molar-refractivity contribution in [1.29, 1.82) is 5.26 Å². The molecule has 0 atom stereocenters. The fourth-order valence-electron chi connectivity index (χ4n) is 4.87. The Balaban J connectivity index is 2.35. The first kappa shape index (κ1) is 21.5. The molecule has 2 aliphatic rings. The molecule has 0 radical (unpaired) electrons. The summed E-state index contributed by atoms with van der Waals surface area (Å²) in [6.45, 7) is 0. The zero-order chi connectivity index (χ0) is 20.3. The Bertz CT molecular complexity index is 576. The molecule has 152 valence electrons. The molecule has 0 amide bonds. The predicted molar refractivity (Wildman–Crippen MR) is 80.9 cm³/mol. The molecule has 0 aliphatic heterocycles. The van der Waals surface area contributed by atoms with Crippen LogP contribution in [0.4, 0.5) is 26.3 Å². The minimum atomic E-state index is -5.45. The molecule has 0 aromatic rings. The highest BCUT2D eigenvalue weighted by molar-refractivity contribution is 5.33. The molecule has 2 rings (SSSR count). The molecular weight excluding hydrogens is 378 g/mol. The number of carbonyl (C=O) groups excluding carboxylic acids is 1. The fourth-order valence-corrected chi connectivity index (χ4v) is 4.87. The van der Waals surface area contributed by atoms with Crippen LogP contribution in [0.5, 0.6) is 0 Å². The SMILES string of the molecule is N#COC1CCC(C(C2CCC(N=C=O)CC2)(C(F)(F)F)C(F)(F)F)CC1. The number of rotatable bonds is 4. The number of nitrogens with zero attached hydrogens (tertiary/aromatic N) is 2. The summed E-state index contributed by atoms with van der Waals surface area (Å²) in [7, 11) is 0. The smallest absolute Gasteiger partial charge is 0.403 e. The number of nitriles is 1. The van der Waals surface area contributed by atoms with Gasteiger partial charge in [0.15, 0.2) is 5.41 Å². The Morgan fingerprint density at radius 1 is 0.815 bits per heavy atom. The summed E-state index contributed by atoms with van der Waals surface area (Å²) in [6, 6.07) is -0.572. The third kappa shape index (κ3) is 4.08. The van der Waals surface area contributed by atoms with Crippen molar-refractivity contribution in [2.75, 3.05) is 0 Å². The average molecular weight is 398 g/mol. The molecule has 0 aromatic carbocycles. The van der Waals surface area contributed by atoms with E-state index in [2.05, 4.69) is 4.99 Å². The molecule has 27 heavy (non-hydrogen) atoms. The van der Waals surface area contributed by atoms with E-state index in [1.807, 2.05) is 0 Å². The Kier molecular flexibility index (Phi) is 6.46. The van der Waals surface area contributed by atoms with Gasteiger partial charge in [0, 0.05) is 0 Å². The number of hydrogen-bond acceptors (Lipinski definition) is 4. The maximum atomic E-state index is 14.0. The maximum Gasteiger partial charge on any atom is 0.403 e. The van der Waals surface area contributed by atoms with Crippen LogP contribution in [-0.4, -0.2) is 30.6 Å². The highest BCUT2D eigenvalue weighted by Crippen LogP contribution is 2.64. The summed E-state index contributed by atoms with van der Waals surface area (Å²) >= 11 is 0. The second-order valence-electron chi connectivity index (χ2n) is 7.27. The van der Waals surface area contributed by atoms with Crippen LogP contribution in [0.2, 0.25) is 0 Å². The van der Waals surface area contributed by atoms with Gasteiger partial charge in [-0.25, -0.2) is 9.79 Å². The predicted octanol–water partition coefficient (Wildman–Crippen LogP) is 5.05. The van der Waals surface area contributed by atoms with E-state index in [1.165, 1.54) is 12.3 Å². The largest absolute Gasteiger partial charge is 0.424 e. The molecule has 2 saturated carbocycles. The molecule has 2 aliphatic carbocycles. The Labute approximate surface area is 152 Å². The molecule has 2 fully saturated rings. The standard InChI is InChI=1S/C17H20F6N2O2/c18-16(19,20)15(17(21,22)23,11-1-5-13(6-2-11)25-10-26)12-3-7-14(8-4-12)27-9-24/h11-14H,1-8H2. The molecule has 10 heteroatoms. The minimum Gasteiger partial charge on any atom is -0.424 e. The van der Waals surface area contributed by atoms with Gasteiger partial charge < -0.3 is 4.74 Å². The monoisotopic (exact) mass is 398 g/mol. The van der Waals surface area contributed by atoms with Gasteiger partial charge in [0.25, 0.3) is 6.26 Å². The van der Waals surface area contributed by atoms with Crippen LogP contribution < -0.4 is 0 Å². The van der Waals surface area contributed by atoms with E-state index in [4.69, 9.17) is 10.00 Å². The number of isocyanates is 1. The van der Waals surface area contributed by atoms with E-state index in [0.717, 1.165) is 0 Å². The third-order valence-corrected chi connectivity index (χ3v) is 6.05. The average Bonchev–Trinajstić information content (AvgIpc) is 2.56. The number of alkyl halides is 6. The van der Waals surface area contributed by atoms with Gasteiger partial charge >= 0.3 is 12.4 Å². The van der Waals surface area contributed by atoms with Crippen molar-refractivity contribution < 1.29 is 35.9 Å². The minimum absolute atomic E-state index is 0.000700. The summed E-state index contributed by atoms with van der Waals surface area (Å²) in [5.74, 6) is -3.23. The molecule has 0 unspecified atom stereocenters. The highest BCUT2D eigenvalue weighted by Gasteiger charge is 2.76. The molecule has 0 saturated heterocycles. The van der Waals surface area contributed by atoms with Crippen LogP contribution in [0.25, 0.3) is 0 Å². The zero-order valence-corrected chi connectivity index (χ0v) is 14.4. The first-order valence-corrected chi connectivity index (χ1v) is 8.83. The highest BCUT2D eigenvalue weighted by atomic mass is 19.4. The van der Waals surface area contributed by atoms with Gasteiger partial charge in [0.2, 0.25) is 6.08 Å². The van der Waals surface area contributed by atoms with Crippen molar-refractivity contribution in [3.63, 3.8) is 0 Å². The second kappa shape index (κ2) is 8.09. The van der Waals surface area contributed by atoms with Crippen molar-refractivity contribution in [3.8, 4) is 6.26 Å². The van der Waals surface area contributed by atoms with Gasteiger partial charge in [0.05, 0.1) is 6.04 Å². The number of aliphatic imine (C=N–C) groups is 1. The van der Waals surface area contributed by atoms with Gasteiger partial charge in [-0.2, -0.15) is 31.6 Å². The zero-order valence-electron chi connectivity index (χ0n) is 14.4. The van der Waals surface area contributed by atoms with Gasteiger partial charge in [-0.1, -0.05) is 0 Å². The molecule has 0 bridgehead atoms.